The van der Waals surface area contributed by atoms with Crippen LogP contribution >= 0.6 is 11.3 Å². The second-order valence-corrected chi connectivity index (χ2v) is 11.5. The fraction of sp³-hybridized carbons (Fsp3) is 0.188. The second-order valence-electron chi connectivity index (χ2n) is 10.6. The van der Waals surface area contributed by atoms with Gasteiger partial charge in [0, 0.05) is 47.0 Å². The van der Waals surface area contributed by atoms with E-state index in [9.17, 15) is 4.79 Å². The number of carbonyl (C=O) groups excluding carboxylic acids is 1. The van der Waals surface area contributed by atoms with Crippen LogP contribution in [-0.4, -0.2) is 21.1 Å². The summed E-state index contributed by atoms with van der Waals surface area (Å²) in [4.78, 5) is 23.0. The van der Waals surface area contributed by atoms with Crippen LogP contribution in [0.5, 0.6) is 0 Å². The topological polar surface area (TPSA) is 75.0 Å². The van der Waals surface area contributed by atoms with Gasteiger partial charge in [-0.25, -0.2) is 11.6 Å². The number of thiazole rings is 1. The van der Waals surface area contributed by atoms with E-state index in [1.54, 1.807) is 6.20 Å². The third-order valence-corrected chi connectivity index (χ3v) is 9.15. The van der Waals surface area contributed by atoms with Crippen LogP contribution in [0.15, 0.2) is 90.6 Å². The molecule has 0 spiro atoms. The maximum absolute atomic E-state index is 14.0. The van der Waals surface area contributed by atoms with Crippen molar-refractivity contribution < 1.29 is 4.79 Å². The Morgan fingerprint density at radius 2 is 1.74 bits per heavy atom. The molecule has 2 bridgehead atoms. The van der Waals surface area contributed by atoms with Crippen LogP contribution in [0.4, 0.5) is 5.13 Å². The number of hydrogen-bond donors (Lipinski definition) is 2. The normalized spacial score (nSPS) is 22.5. The van der Waals surface area contributed by atoms with Crippen molar-refractivity contribution in [1.82, 2.24) is 15.2 Å². The lowest BCUT2D eigenvalue weighted by molar-refractivity contribution is -0.127. The summed E-state index contributed by atoms with van der Waals surface area (Å²) < 4.78 is 0. The van der Waals surface area contributed by atoms with Crippen molar-refractivity contribution in [3.8, 4) is 11.1 Å². The van der Waals surface area contributed by atoms with Gasteiger partial charge in [0.05, 0.1) is 17.3 Å². The summed E-state index contributed by atoms with van der Waals surface area (Å²) in [6.45, 7) is 10.3. The minimum absolute atomic E-state index is 0.0881. The quantitative estimate of drug-likeness (QED) is 0.247. The third kappa shape index (κ3) is 3.56. The molecule has 2 N–H and O–H groups in total. The number of aromatic nitrogens is 3. The Bertz CT molecular complexity index is 1700. The molecule has 6 nitrogen and oxygen atoms in total. The SMILES string of the molecule is [C-]#[N+]C12CC(C)(C(=O)Nc3nc(Cc4ccc(-c5cn[nH]c5)cc4)cs3)C(c3ccccc31)c1ccccc12. The minimum Gasteiger partial charge on any atom is -0.301 e. The first-order chi connectivity index (χ1) is 19.0. The summed E-state index contributed by atoms with van der Waals surface area (Å²) in [5.41, 5.74) is 6.78. The maximum atomic E-state index is 14.0. The molecule has 190 valence electrons. The first-order valence-electron chi connectivity index (χ1n) is 12.9. The number of rotatable bonds is 5. The van der Waals surface area contributed by atoms with Gasteiger partial charge in [0.15, 0.2) is 5.13 Å². The number of hydrogen-bond acceptors (Lipinski definition) is 4. The van der Waals surface area contributed by atoms with Crippen LogP contribution < -0.4 is 5.32 Å². The molecule has 0 saturated carbocycles. The van der Waals surface area contributed by atoms with Crippen molar-refractivity contribution in [2.24, 2.45) is 5.41 Å². The molecular weight excluding hydrogens is 502 g/mol. The number of fused-ring (bicyclic) bond motifs is 1. The van der Waals surface area contributed by atoms with Crippen molar-refractivity contribution in [2.75, 3.05) is 5.32 Å². The molecule has 0 radical (unpaired) electrons. The van der Waals surface area contributed by atoms with Crippen molar-refractivity contribution in [2.45, 2.75) is 31.2 Å². The molecule has 3 aromatic carbocycles. The van der Waals surface area contributed by atoms with E-state index in [4.69, 9.17) is 11.6 Å². The van der Waals surface area contributed by atoms with E-state index >= 15 is 0 Å². The predicted molar refractivity (Wildman–Crippen MR) is 152 cm³/mol. The molecule has 0 saturated heterocycles. The van der Waals surface area contributed by atoms with Gasteiger partial charge < -0.3 is 5.32 Å². The number of aromatic amines is 1. The molecule has 1 unspecified atom stereocenters. The number of amides is 1. The van der Waals surface area contributed by atoms with E-state index in [0.717, 1.165) is 44.6 Å². The van der Waals surface area contributed by atoms with Crippen molar-refractivity contribution in [3.63, 3.8) is 0 Å². The van der Waals surface area contributed by atoms with E-state index in [1.165, 1.54) is 11.3 Å². The Morgan fingerprint density at radius 1 is 1.05 bits per heavy atom. The third-order valence-electron chi connectivity index (χ3n) is 8.35. The van der Waals surface area contributed by atoms with Crippen molar-refractivity contribution in [3.05, 3.63) is 135 Å². The zero-order valence-electron chi connectivity index (χ0n) is 21.3. The summed E-state index contributed by atoms with van der Waals surface area (Å²) >= 11 is 1.44. The molecule has 0 fully saturated rings. The number of nitrogens with one attached hydrogen (secondary N) is 2. The van der Waals surface area contributed by atoms with Gasteiger partial charge in [-0.2, -0.15) is 5.10 Å². The summed E-state index contributed by atoms with van der Waals surface area (Å²) in [5, 5.41) is 12.6. The van der Waals surface area contributed by atoms with Gasteiger partial charge in [-0.1, -0.05) is 72.8 Å². The molecule has 8 rings (SSSR count). The molecule has 1 amide bonds. The Morgan fingerprint density at radius 3 is 2.38 bits per heavy atom. The van der Waals surface area contributed by atoms with Crippen LogP contribution in [-0.2, 0) is 16.8 Å². The Balaban J connectivity index is 1.15. The van der Waals surface area contributed by atoms with Crippen LogP contribution in [0, 0.1) is 12.0 Å². The summed E-state index contributed by atoms with van der Waals surface area (Å²) in [7, 11) is 0. The van der Waals surface area contributed by atoms with E-state index < -0.39 is 11.0 Å². The van der Waals surface area contributed by atoms with Gasteiger partial charge in [-0.05, 0) is 29.2 Å². The van der Waals surface area contributed by atoms with Gasteiger partial charge in [0.2, 0.25) is 5.91 Å². The zero-order chi connectivity index (χ0) is 26.6. The van der Waals surface area contributed by atoms with Gasteiger partial charge in [-0.3, -0.25) is 14.7 Å². The smallest absolute Gasteiger partial charge is 0.284 e. The fourth-order valence-corrected chi connectivity index (χ4v) is 7.27. The average Bonchev–Trinajstić information content (AvgIpc) is 3.66. The largest absolute Gasteiger partial charge is 0.301 e. The lowest BCUT2D eigenvalue weighted by Gasteiger charge is -2.51. The van der Waals surface area contributed by atoms with Gasteiger partial charge in [-0.15, -0.1) is 11.3 Å². The Hall–Kier alpha value is -4.54. The molecule has 2 aromatic heterocycles. The van der Waals surface area contributed by atoms with E-state index in [0.29, 0.717) is 18.0 Å². The van der Waals surface area contributed by atoms with Crippen LogP contribution in [0.1, 0.15) is 52.8 Å². The molecule has 3 aliphatic rings. The first-order valence-corrected chi connectivity index (χ1v) is 13.8. The summed E-state index contributed by atoms with van der Waals surface area (Å²) in [6, 6.07) is 24.6. The molecule has 2 heterocycles. The lowest BCUT2D eigenvalue weighted by atomic mass is 9.49. The lowest BCUT2D eigenvalue weighted by Crippen LogP contribution is -2.53. The van der Waals surface area contributed by atoms with Crippen molar-refractivity contribution >= 4 is 22.4 Å². The number of anilines is 1. The van der Waals surface area contributed by atoms with E-state index in [1.807, 2.05) is 42.8 Å². The van der Waals surface area contributed by atoms with Gasteiger partial charge in [0.25, 0.3) is 5.54 Å². The molecule has 0 aliphatic heterocycles. The fourth-order valence-electron chi connectivity index (χ4n) is 6.56. The summed E-state index contributed by atoms with van der Waals surface area (Å²) in [6.07, 6.45) is 4.80. The van der Waals surface area contributed by atoms with Crippen LogP contribution in [0.25, 0.3) is 16.0 Å². The average molecular weight is 528 g/mol. The molecular formula is C32H25N5OS. The van der Waals surface area contributed by atoms with E-state index in [-0.39, 0.29) is 11.8 Å². The van der Waals surface area contributed by atoms with Gasteiger partial charge >= 0.3 is 0 Å². The molecule has 39 heavy (non-hydrogen) atoms. The number of carbonyl (C=O) groups is 1. The summed E-state index contributed by atoms with van der Waals surface area (Å²) in [5.74, 6) is -0.211. The Labute approximate surface area is 230 Å². The standard InChI is InChI=1S/C32H25N5OS/c1-31(19-32(33-2)26-9-5-3-7-24(26)28(31)25-8-4-6-10-27(25)32)29(38)37-30-36-23(18-39-30)15-20-11-13-21(14-12-20)22-16-34-35-17-22/h3-14,16-18,28H,15,19H2,1H3,(H,34,35)(H,36,37,38). The maximum Gasteiger partial charge on any atom is 0.284 e. The highest BCUT2D eigenvalue weighted by Gasteiger charge is 2.64. The van der Waals surface area contributed by atoms with Crippen molar-refractivity contribution in [1.29, 1.82) is 0 Å². The van der Waals surface area contributed by atoms with E-state index in [2.05, 4.69) is 68.9 Å². The number of benzene rings is 3. The highest BCUT2D eigenvalue weighted by atomic mass is 32.1. The van der Waals surface area contributed by atoms with Crippen LogP contribution in [0.3, 0.4) is 0 Å². The molecule has 5 aromatic rings. The molecule has 1 atom stereocenters. The number of H-pyrrole nitrogens is 1. The highest BCUT2D eigenvalue weighted by Crippen LogP contribution is 2.64. The number of nitrogens with zero attached hydrogens (tertiary/aromatic N) is 3. The van der Waals surface area contributed by atoms with Gasteiger partial charge in [0.1, 0.15) is 0 Å². The first kappa shape index (κ1) is 23.6. The Kier molecular flexibility index (Phi) is 5.29. The highest BCUT2D eigenvalue weighted by molar-refractivity contribution is 7.13. The molecule has 7 heteroatoms. The second kappa shape index (κ2) is 8.75. The zero-order valence-corrected chi connectivity index (χ0v) is 22.1. The minimum atomic E-state index is -0.870. The monoisotopic (exact) mass is 527 g/mol. The predicted octanol–water partition coefficient (Wildman–Crippen LogP) is 6.78. The van der Waals surface area contributed by atoms with Crippen LogP contribution in [0.2, 0.25) is 0 Å². The molecule has 3 aliphatic carbocycles.